The summed E-state index contributed by atoms with van der Waals surface area (Å²) in [5.41, 5.74) is 7.15. The van der Waals surface area contributed by atoms with Crippen molar-refractivity contribution in [3.05, 3.63) is 71.2 Å². The molecule has 0 radical (unpaired) electrons. The number of nitrogens with zero attached hydrogens (tertiary/aromatic N) is 6. The second kappa shape index (κ2) is 7.77. The van der Waals surface area contributed by atoms with Gasteiger partial charge in [0.15, 0.2) is 0 Å². The van der Waals surface area contributed by atoms with Crippen LogP contribution in [0, 0.1) is 6.92 Å². The van der Waals surface area contributed by atoms with E-state index in [1.165, 1.54) is 17.5 Å². The minimum atomic E-state index is -1.02. The average Bonchev–Trinajstić information content (AvgIpc) is 3.51. The summed E-state index contributed by atoms with van der Waals surface area (Å²) in [5.74, 6) is 0.0887. The van der Waals surface area contributed by atoms with Crippen LogP contribution >= 0.6 is 0 Å². The predicted octanol–water partition coefficient (Wildman–Crippen LogP) is 3.37. The maximum Gasteiger partial charge on any atom is 0.339 e. The van der Waals surface area contributed by atoms with Crippen LogP contribution in [0.15, 0.2) is 48.7 Å². The minimum Gasteiger partial charge on any atom is -0.478 e. The smallest absolute Gasteiger partial charge is 0.339 e. The van der Waals surface area contributed by atoms with Crippen LogP contribution in [-0.2, 0) is 13.0 Å². The zero-order valence-corrected chi connectivity index (χ0v) is 18.3. The zero-order valence-electron chi connectivity index (χ0n) is 18.3. The Morgan fingerprint density at radius 1 is 1.12 bits per heavy atom. The second-order valence-electron chi connectivity index (χ2n) is 8.30. The number of hydrogen-bond donors (Lipinski definition) is 3. The van der Waals surface area contributed by atoms with Crippen molar-refractivity contribution in [3.8, 4) is 22.5 Å². The summed E-state index contributed by atoms with van der Waals surface area (Å²) in [7, 11) is 0. The minimum absolute atomic E-state index is 0.126. The monoisotopic (exact) mass is 452 g/mol. The van der Waals surface area contributed by atoms with Crippen LogP contribution in [0.25, 0.3) is 33.4 Å². The van der Waals surface area contributed by atoms with Gasteiger partial charge in [-0.15, -0.1) is 10.2 Å². The molecule has 10 nitrogen and oxygen atoms in total. The number of fused-ring (bicyclic) bond motifs is 3. The Balaban J connectivity index is 1.36. The Morgan fingerprint density at radius 2 is 1.97 bits per heavy atom. The molecule has 3 N–H and O–H groups in total. The average molecular weight is 452 g/mol. The number of carbonyl (C=O) groups is 1. The second-order valence-corrected chi connectivity index (χ2v) is 8.30. The van der Waals surface area contributed by atoms with Crippen molar-refractivity contribution in [2.75, 3.05) is 11.4 Å². The number of aromatic nitrogens is 7. The molecule has 5 aromatic rings. The van der Waals surface area contributed by atoms with Gasteiger partial charge in [0.25, 0.3) is 0 Å². The third kappa shape index (κ3) is 3.36. The Labute approximate surface area is 193 Å². The van der Waals surface area contributed by atoms with E-state index >= 15 is 0 Å². The van der Waals surface area contributed by atoms with Crippen LogP contribution < -0.4 is 4.90 Å². The largest absolute Gasteiger partial charge is 0.478 e. The van der Waals surface area contributed by atoms with E-state index < -0.39 is 5.97 Å². The molecule has 1 aliphatic rings. The van der Waals surface area contributed by atoms with Crippen LogP contribution in [0.5, 0.6) is 0 Å². The lowest BCUT2D eigenvalue weighted by Crippen LogP contribution is -2.31. The highest BCUT2D eigenvalue weighted by Crippen LogP contribution is 2.33. The van der Waals surface area contributed by atoms with Crippen LogP contribution in [-0.4, -0.2) is 53.2 Å². The number of tetrazole rings is 1. The first-order valence-electron chi connectivity index (χ1n) is 10.9. The zero-order chi connectivity index (χ0) is 23.2. The molecule has 0 fully saturated rings. The van der Waals surface area contributed by atoms with Crippen LogP contribution in [0.4, 0.5) is 5.95 Å². The summed E-state index contributed by atoms with van der Waals surface area (Å²) in [6.45, 7) is 3.10. The standard InChI is InChI=1S/C24H20N8O2/c1-13-18(23(33)34)11-25-24(26-13)32-8-7-21-19(12-32)17-10-15(5-6-20(17)27-21)14-3-2-4-16(9-14)22-28-30-31-29-22/h2-6,9-11,27H,7-8,12H2,1H3,(H,33,34)(H,28,29,30,31). The molecular formula is C24H20N8O2. The number of H-pyrrole nitrogens is 2. The molecule has 0 saturated carbocycles. The number of aromatic carboxylic acids is 1. The van der Waals surface area contributed by atoms with E-state index in [4.69, 9.17) is 0 Å². The van der Waals surface area contributed by atoms with E-state index in [1.54, 1.807) is 6.92 Å². The Morgan fingerprint density at radius 3 is 2.76 bits per heavy atom. The number of hydrogen-bond acceptors (Lipinski definition) is 7. The van der Waals surface area contributed by atoms with Gasteiger partial charge in [-0.1, -0.05) is 24.3 Å². The number of carboxylic acids is 1. The summed E-state index contributed by atoms with van der Waals surface area (Å²) in [5, 5.41) is 24.7. The number of aromatic amines is 2. The number of anilines is 1. The van der Waals surface area contributed by atoms with Gasteiger partial charge in [-0.3, -0.25) is 0 Å². The summed E-state index contributed by atoms with van der Waals surface area (Å²) in [4.78, 5) is 25.7. The fourth-order valence-corrected chi connectivity index (χ4v) is 4.50. The molecule has 4 heterocycles. The molecule has 0 atom stereocenters. The Kier molecular flexibility index (Phi) is 4.58. The number of benzene rings is 2. The maximum atomic E-state index is 11.3. The first-order chi connectivity index (χ1) is 16.6. The fourth-order valence-electron chi connectivity index (χ4n) is 4.50. The van der Waals surface area contributed by atoms with E-state index in [0.29, 0.717) is 24.0 Å². The molecule has 6 rings (SSSR count). The Hall–Kier alpha value is -4.60. The van der Waals surface area contributed by atoms with Crippen molar-refractivity contribution in [3.63, 3.8) is 0 Å². The molecule has 34 heavy (non-hydrogen) atoms. The van der Waals surface area contributed by atoms with Gasteiger partial charge in [0.1, 0.15) is 0 Å². The van der Waals surface area contributed by atoms with Crippen LogP contribution in [0.3, 0.4) is 0 Å². The molecule has 0 bridgehead atoms. The lowest BCUT2D eigenvalue weighted by atomic mass is 9.99. The van der Waals surface area contributed by atoms with E-state index in [9.17, 15) is 9.90 Å². The molecule has 1 aliphatic heterocycles. The van der Waals surface area contributed by atoms with Crippen molar-refractivity contribution in [2.24, 2.45) is 0 Å². The number of aryl methyl sites for hydroxylation is 1. The highest BCUT2D eigenvalue weighted by atomic mass is 16.4. The molecule has 10 heteroatoms. The highest BCUT2D eigenvalue weighted by Gasteiger charge is 2.23. The number of carboxylic acid groups (broad SMARTS) is 1. The SMILES string of the molecule is Cc1nc(N2CCc3[nH]c4ccc(-c5cccc(-c6nn[nH]n6)c5)cc4c3C2)ncc1C(=O)O. The van der Waals surface area contributed by atoms with Crippen molar-refractivity contribution < 1.29 is 9.90 Å². The third-order valence-electron chi connectivity index (χ3n) is 6.25. The van der Waals surface area contributed by atoms with Gasteiger partial charge in [-0.2, -0.15) is 5.21 Å². The van der Waals surface area contributed by atoms with Gasteiger partial charge in [0, 0.05) is 53.4 Å². The Bertz CT molecular complexity index is 1540. The van der Waals surface area contributed by atoms with Gasteiger partial charge in [0.2, 0.25) is 11.8 Å². The first kappa shape index (κ1) is 20.0. The summed E-state index contributed by atoms with van der Waals surface area (Å²) in [6, 6.07) is 14.5. The van der Waals surface area contributed by atoms with Gasteiger partial charge in [-0.25, -0.2) is 14.8 Å². The lowest BCUT2D eigenvalue weighted by Gasteiger charge is -2.27. The van der Waals surface area contributed by atoms with Crippen molar-refractivity contribution in [1.82, 2.24) is 35.6 Å². The van der Waals surface area contributed by atoms with E-state index in [-0.39, 0.29) is 5.56 Å². The third-order valence-corrected chi connectivity index (χ3v) is 6.25. The molecule has 0 spiro atoms. The summed E-state index contributed by atoms with van der Waals surface area (Å²) < 4.78 is 0. The van der Waals surface area contributed by atoms with Crippen LogP contribution in [0.2, 0.25) is 0 Å². The molecule has 0 unspecified atom stereocenters. The topological polar surface area (TPSA) is 137 Å². The maximum absolute atomic E-state index is 11.3. The lowest BCUT2D eigenvalue weighted by molar-refractivity contribution is 0.0695. The quantitative estimate of drug-likeness (QED) is 0.377. The molecule has 0 amide bonds. The number of nitrogens with one attached hydrogen (secondary N) is 2. The van der Waals surface area contributed by atoms with Gasteiger partial charge < -0.3 is 15.0 Å². The normalized spacial score (nSPS) is 13.3. The van der Waals surface area contributed by atoms with Crippen molar-refractivity contribution in [2.45, 2.75) is 19.9 Å². The molecule has 0 saturated heterocycles. The fraction of sp³-hybridized carbons (Fsp3) is 0.167. The predicted molar refractivity (Wildman–Crippen MR) is 125 cm³/mol. The van der Waals surface area contributed by atoms with Gasteiger partial charge in [0.05, 0.1) is 11.3 Å². The van der Waals surface area contributed by atoms with Crippen molar-refractivity contribution in [1.29, 1.82) is 0 Å². The molecular weight excluding hydrogens is 432 g/mol. The van der Waals surface area contributed by atoms with E-state index in [2.05, 4.69) is 70.8 Å². The number of rotatable bonds is 4. The molecule has 168 valence electrons. The van der Waals surface area contributed by atoms with E-state index in [1.807, 2.05) is 12.1 Å². The molecule has 0 aliphatic carbocycles. The highest BCUT2D eigenvalue weighted by molar-refractivity contribution is 5.90. The van der Waals surface area contributed by atoms with E-state index in [0.717, 1.165) is 40.6 Å². The summed E-state index contributed by atoms with van der Waals surface area (Å²) >= 11 is 0. The van der Waals surface area contributed by atoms with Crippen molar-refractivity contribution >= 4 is 22.8 Å². The molecule has 3 aromatic heterocycles. The van der Waals surface area contributed by atoms with Gasteiger partial charge in [-0.05, 0) is 41.5 Å². The first-order valence-corrected chi connectivity index (χ1v) is 10.9. The summed E-state index contributed by atoms with van der Waals surface area (Å²) in [6.07, 6.45) is 2.22. The van der Waals surface area contributed by atoms with Crippen LogP contribution in [0.1, 0.15) is 27.3 Å². The molecule has 2 aromatic carbocycles. The van der Waals surface area contributed by atoms with Gasteiger partial charge >= 0.3 is 5.97 Å².